The average Bonchev–Trinajstić information content (AvgIpc) is 3.08. The Kier molecular flexibility index (Phi) is 4.77. The molecule has 0 bridgehead atoms. The summed E-state index contributed by atoms with van der Waals surface area (Å²) < 4.78 is 36.4. The molecule has 24 heavy (non-hydrogen) atoms. The number of anilines is 1. The summed E-state index contributed by atoms with van der Waals surface area (Å²) in [7, 11) is 2.44. The lowest BCUT2D eigenvalue weighted by molar-refractivity contribution is -0.0430. The molecule has 3 rings (SSSR count). The molecule has 1 aliphatic heterocycles. The second kappa shape index (κ2) is 6.67. The molecule has 1 unspecified atom stereocenters. The first kappa shape index (κ1) is 17.2. The van der Waals surface area contributed by atoms with Gasteiger partial charge in [0.2, 0.25) is 0 Å². The summed E-state index contributed by atoms with van der Waals surface area (Å²) >= 11 is 0. The molecule has 1 fully saturated rings. The second-order valence-corrected chi connectivity index (χ2v) is 6.00. The van der Waals surface area contributed by atoms with E-state index >= 15 is 0 Å². The Balaban J connectivity index is 1.97. The van der Waals surface area contributed by atoms with E-state index in [-0.39, 0.29) is 29.6 Å². The van der Waals surface area contributed by atoms with E-state index in [1.165, 1.54) is 10.9 Å². The third-order valence-electron chi connectivity index (χ3n) is 3.64. The van der Waals surface area contributed by atoms with Crippen LogP contribution in [0.4, 0.5) is 14.6 Å². The van der Waals surface area contributed by atoms with E-state index < -0.39 is 37.1 Å². The van der Waals surface area contributed by atoms with Crippen molar-refractivity contribution in [3.8, 4) is 6.01 Å². The fraction of sp³-hybridized carbons (Fsp3) is 0.583. The van der Waals surface area contributed by atoms with Crippen molar-refractivity contribution in [1.82, 2.24) is 19.5 Å². The van der Waals surface area contributed by atoms with E-state index in [1.54, 1.807) is 0 Å². The number of ether oxygens (including phenoxy) is 2. The van der Waals surface area contributed by atoms with Crippen molar-refractivity contribution in [2.24, 2.45) is 0 Å². The van der Waals surface area contributed by atoms with Crippen molar-refractivity contribution in [2.75, 3.05) is 18.9 Å². The average molecular weight is 363 g/mol. The molecule has 12 heteroatoms. The molecule has 0 saturated carbocycles. The predicted octanol–water partition coefficient (Wildman–Crippen LogP) is -0.453. The molecular formula is C12H16F2N5O4P. The number of hydrogen-bond acceptors (Lipinski definition) is 8. The highest BCUT2D eigenvalue weighted by molar-refractivity contribution is 7.17. The minimum atomic E-state index is -2.68. The number of nitrogens with two attached hydrogens (primary N) is 1. The van der Waals surface area contributed by atoms with Crippen molar-refractivity contribution in [2.45, 2.75) is 30.5 Å². The molecule has 0 aromatic carbocycles. The van der Waals surface area contributed by atoms with Crippen molar-refractivity contribution in [3.05, 3.63) is 6.33 Å². The molecule has 2 aromatic rings. The van der Waals surface area contributed by atoms with E-state index in [1.807, 2.05) is 0 Å². The minimum Gasteiger partial charge on any atom is -0.457 e. The van der Waals surface area contributed by atoms with E-state index in [0.29, 0.717) is 0 Å². The number of fused-ring (bicyclic) bond motifs is 1. The summed E-state index contributed by atoms with van der Waals surface area (Å²) in [6, 6.07) is -0.306. The van der Waals surface area contributed by atoms with Crippen molar-refractivity contribution in [3.63, 3.8) is 0 Å². The largest absolute Gasteiger partial charge is 0.457 e. The van der Waals surface area contributed by atoms with Gasteiger partial charge in [-0.2, -0.15) is 9.97 Å². The molecule has 4 N–H and O–H groups in total. The molecule has 3 heterocycles. The predicted molar refractivity (Wildman–Crippen MR) is 81.7 cm³/mol. The molecule has 9 nitrogen and oxygen atoms in total. The van der Waals surface area contributed by atoms with Crippen LogP contribution in [0, 0.1) is 0 Å². The van der Waals surface area contributed by atoms with Crippen LogP contribution in [0.15, 0.2) is 6.33 Å². The molecule has 0 amide bonds. The topological polar surface area (TPSA) is 129 Å². The highest BCUT2D eigenvalue weighted by Crippen LogP contribution is 2.36. The van der Waals surface area contributed by atoms with Crippen molar-refractivity contribution < 1.29 is 28.5 Å². The van der Waals surface area contributed by atoms with Crippen LogP contribution in [-0.4, -0.2) is 67.2 Å². The van der Waals surface area contributed by atoms with Gasteiger partial charge in [0.15, 0.2) is 23.6 Å². The number of halogens is 2. The Morgan fingerprint density at radius 2 is 2.21 bits per heavy atom. The number of alkyl halides is 2. The molecule has 5 atom stereocenters. The third-order valence-corrected chi connectivity index (χ3v) is 4.36. The number of aliphatic hydroxyl groups is 2. The van der Waals surface area contributed by atoms with Gasteiger partial charge in [0.1, 0.15) is 12.3 Å². The normalized spacial score (nSPS) is 27.2. The lowest BCUT2D eigenvalue weighted by Gasteiger charge is -2.17. The number of nitrogen functional groups attached to an aromatic ring is 1. The van der Waals surface area contributed by atoms with E-state index in [9.17, 15) is 19.0 Å². The van der Waals surface area contributed by atoms with Gasteiger partial charge >= 0.3 is 6.01 Å². The number of imidazole rings is 1. The molecule has 0 spiro atoms. The molecule has 1 saturated heterocycles. The van der Waals surface area contributed by atoms with Gasteiger partial charge in [-0.15, -0.1) is 9.24 Å². The highest BCUT2D eigenvalue weighted by atomic mass is 31.0. The van der Waals surface area contributed by atoms with Gasteiger partial charge in [-0.1, -0.05) is 0 Å². The first-order valence-electron chi connectivity index (χ1n) is 7.03. The maximum atomic E-state index is 12.3. The smallest absolute Gasteiger partial charge is 0.320 e. The van der Waals surface area contributed by atoms with Crippen LogP contribution in [-0.2, 0) is 4.74 Å². The maximum absolute atomic E-state index is 12.3. The number of aromatic nitrogens is 4. The maximum Gasteiger partial charge on any atom is 0.320 e. The zero-order valence-electron chi connectivity index (χ0n) is 12.3. The Morgan fingerprint density at radius 3 is 2.83 bits per heavy atom. The molecule has 1 aliphatic rings. The molecule has 0 radical (unpaired) electrons. The van der Waals surface area contributed by atoms with Gasteiger partial charge in [0.05, 0.1) is 19.0 Å². The second-order valence-electron chi connectivity index (χ2n) is 5.23. The molecular weight excluding hydrogens is 347 g/mol. The van der Waals surface area contributed by atoms with Crippen LogP contribution < -0.4 is 10.5 Å². The zero-order chi connectivity index (χ0) is 17.4. The van der Waals surface area contributed by atoms with Crippen LogP contribution in [0.5, 0.6) is 6.01 Å². The fourth-order valence-electron chi connectivity index (χ4n) is 2.47. The van der Waals surface area contributed by atoms with Crippen molar-refractivity contribution in [1.29, 1.82) is 0 Å². The first-order chi connectivity index (χ1) is 11.4. The molecule has 132 valence electrons. The SMILES string of the molecule is Nc1nc(OCC(F)F)nc2c1ncn2[C@@H]1O[C@H](CO)[C@@H](O)[C@H]1P. The summed E-state index contributed by atoms with van der Waals surface area (Å²) in [6.07, 6.45) is -3.64. The van der Waals surface area contributed by atoms with Gasteiger partial charge < -0.3 is 25.4 Å². The number of nitrogens with zero attached hydrogens (tertiary/aromatic N) is 4. The monoisotopic (exact) mass is 363 g/mol. The van der Waals surface area contributed by atoms with Crippen LogP contribution in [0.2, 0.25) is 0 Å². The van der Waals surface area contributed by atoms with Gasteiger partial charge in [-0.3, -0.25) is 4.57 Å². The van der Waals surface area contributed by atoms with Gasteiger partial charge in [0, 0.05) is 5.66 Å². The van der Waals surface area contributed by atoms with Gasteiger partial charge in [-0.25, -0.2) is 13.8 Å². The summed E-state index contributed by atoms with van der Waals surface area (Å²) in [4.78, 5) is 11.9. The number of aliphatic hydroxyl groups excluding tert-OH is 2. The molecule has 0 aliphatic carbocycles. The van der Waals surface area contributed by atoms with Gasteiger partial charge in [-0.05, 0) is 0 Å². The standard InChI is InChI=1S/C12H16F2N5O4P/c13-5(14)2-22-12-17-9(15)6-10(18-12)19(3-16-6)11-8(24)7(21)4(1-20)23-11/h3-5,7-8,11,20-21H,1-2,24H2,(H2,15,17,18)/t4-,7-,8-,11-/m1/s1. The third kappa shape index (κ3) is 3.00. The summed E-state index contributed by atoms with van der Waals surface area (Å²) in [5.74, 6) is -0.0272. The van der Waals surface area contributed by atoms with E-state index in [0.717, 1.165) is 0 Å². The van der Waals surface area contributed by atoms with Crippen LogP contribution in [0.1, 0.15) is 6.23 Å². The zero-order valence-corrected chi connectivity index (χ0v) is 13.4. The Hall–Kier alpha value is -1.68. The van der Waals surface area contributed by atoms with Gasteiger partial charge in [0.25, 0.3) is 6.43 Å². The number of rotatable bonds is 5. The minimum absolute atomic E-state index is 0.0272. The lowest BCUT2D eigenvalue weighted by Crippen LogP contribution is -2.29. The summed E-state index contributed by atoms with van der Waals surface area (Å²) in [6.45, 7) is -1.22. The fourth-order valence-corrected chi connectivity index (χ4v) is 3.00. The van der Waals surface area contributed by atoms with Crippen LogP contribution >= 0.6 is 9.24 Å². The molecule has 2 aromatic heterocycles. The first-order valence-corrected chi connectivity index (χ1v) is 7.70. The Morgan fingerprint density at radius 1 is 1.46 bits per heavy atom. The highest BCUT2D eigenvalue weighted by Gasteiger charge is 2.42. The Bertz CT molecular complexity index is 733. The summed E-state index contributed by atoms with van der Waals surface area (Å²) in [5, 5.41) is 19.3. The lowest BCUT2D eigenvalue weighted by atomic mass is 10.2. The Labute approximate surface area is 137 Å². The van der Waals surface area contributed by atoms with E-state index in [4.69, 9.17) is 15.2 Å². The van der Waals surface area contributed by atoms with Crippen LogP contribution in [0.3, 0.4) is 0 Å². The van der Waals surface area contributed by atoms with Crippen LogP contribution in [0.25, 0.3) is 11.2 Å². The summed E-state index contributed by atoms with van der Waals surface area (Å²) in [5.41, 5.74) is 5.79. The number of hydrogen-bond donors (Lipinski definition) is 3. The quantitative estimate of drug-likeness (QED) is 0.609. The van der Waals surface area contributed by atoms with Crippen molar-refractivity contribution >= 4 is 26.2 Å². The van der Waals surface area contributed by atoms with E-state index in [2.05, 4.69) is 24.2 Å².